The highest BCUT2D eigenvalue weighted by Gasteiger charge is 2.18. The van der Waals surface area contributed by atoms with Gasteiger partial charge in [0.25, 0.3) is 0 Å². The first-order valence-electron chi connectivity index (χ1n) is 14.9. The lowest BCUT2D eigenvalue weighted by molar-refractivity contribution is 0.0357. The number of hydrogen-bond donors (Lipinski definition) is 0. The maximum atomic E-state index is 12.9. The molecule has 226 valence electrons. The monoisotopic (exact) mass is 603 g/mol. The first kappa shape index (κ1) is 29.3. The van der Waals surface area contributed by atoms with Crippen molar-refractivity contribution < 1.29 is 23.7 Å². The molecule has 0 bridgehead atoms. The average molecular weight is 604 g/mol. The smallest absolute Gasteiger partial charge is 0.197 e. The molecule has 5 heterocycles. The zero-order valence-electron chi connectivity index (χ0n) is 24.5. The molecule has 2 aliphatic rings. The van der Waals surface area contributed by atoms with E-state index in [-0.39, 0.29) is 12.2 Å². The van der Waals surface area contributed by atoms with E-state index in [1.165, 1.54) is 30.6 Å². The van der Waals surface area contributed by atoms with Crippen molar-refractivity contribution in [3.05, 3.63) is 59.6 Å². The van der Waals surface area contributed by atoms with Gasteiger partial charge in [-0.15, -0.1) is 0 Å². The number of ketones is 1. The molecule has 6 rings (SSSR count). The van der Waals surface area contributed by atoms with Crippen molar-refractivity contribution in [2.24, 2.45) is 0 Å². The normalized spacial score (nSPS) is 15.9. The number of piperidine rings is 1. The summed E-state index contributed by atoms with van der Waals surface area (Å²) in [6, 6.07) is 9.23. The number of methoxy groups -OCH3 is 1. The van der Waals surface area contributed by atoms with Gasteiger partial charge in [0.05, 0.1) is 51.3 Å². The number of Topliss-reactive ketones (excluding diaryl/α,β-unsaturated/α-hetero) is 1. The Balaban J connectivity index is 1.07. The van der Waals surface area contributed by atoms with Crippen LogP contribution in [0.1, 0.15) is 41.2 Å². The van der Waals surface area contributed by atoms with Gasteiger partial charge >= 0.3 is 0 Å². The molecule has 0 aliphatic carbocycles. The largest absolute Gasteiger partial charge is 0.493 e. The number of thiazole rings is 1. The number of nitrogens with zero attached hydrogens (tertiary/aromatic N) is 5. The first-order valence-corrected chi connectivity index (χ1v) is 15.7. The third kappa shape index (κ3) is 7.41. The number of aromatic nitrogens is 3. The van der Waals surface area contributed by atoms with Gasteiger partial charge in [-0.05, 0) is 49.9 Å². The fraction of sp³-hybridized carbons (Fsp3) is 0.438. The molecule has 2 fully saturated rings. The van der Waals surface area contributed by atoms with Gasteiger partial charge in [-0.3, -0.25) is 19.7 Å². The summed E-state index contributed by atoms with van der Waals surface area (Å²) in [7, 11) is 1.63. The van der Waals surface area contributed by atoms with Crippen LogP contribution in [0.25, 0.3) is 10.9 Å². The van der Waals surface area contributed by atoms with Gasteiger partial charge in [-0.2, -0.15) is 0 Å². The van der Waals surface area contributed by atoms with Crippen molar-refractivity contribution >= 4 is 33.0 Å². The molecule has 2 saturated heterocycles. The van der Waals surface area contributed by atoms with Crippen LogP contribution in [0, 0.1) is 0 Å². The molecule has 0 unspecified atom stereocenters. The summed E-state index contributed by atoms with van der Waals surface area (Å²) in [4.78, 5) is 31.0. The minimum atomic E-state index is -0.0271. The lowest BCUT2D eigenvalue weighted by Crippen LogP contribution is -2.37. The van der Waals surface area contributed by atoms with Crippen LogP contribution in [-0.2, 0) is 11.2 Å². The van der Waals surface area contributed by atoms with Gasteiger partial charge in [-0.25, -0.2) is 4.98 Å². The highest BCUT2D eigenvalue weighted by Crippen LogP contribution is 2.37. The quantitative estimate of drug-likeness (QED) is 0.155. The second-order valence-electron chi connectivity index (χ2n) is 10.7. The van der Waals surface area contributed by atoms with Gasteiger partial charge in [0, 0.05) is 56.1 Å². The number of pyridine rings is 2. The molecule has 0 saturated carbocycles. The summed E-state index contributed by atoms with van der Waals surface area (Å²) < 4.78 is 23.3. The van der Waals surface area contributed by atoms with E-state index in [9.17, 15) is 4.79 Å². The number of fused-ring (bicyclic) bond motifs is 1. The Hall–Kier alpha value is -3.80. The van der Waals surface area contributed by atoms with Crippen LogP contribution in [0.2, 0.25) is 0 Å². The number of rotatable bonds is 12. The van der Waals surface area contributed by atoms with Crippen LogP contribution in [0.3, 0.4) is 0 Å². The van der Waals surface area contributed by atoms with E-state index in [0.29, 0.717) is 40.3 Å². The van der Waals surface area contributed by atoms with E-state index in [1.807, 2.05) is 36.5 Å². The van der Waals surface area contributed by atoms with Gasteiger partial charge in [0.2, 0.25) is 0 Å². The van der Waals surface area contributed by atoms with Crippen LogP contribution < -0.4 is 19.1 Å². The SMILES string of the molecule is COc1cc2c(Oc3ccc(CC(=O)c4ncc(N5CCCCC5)s4)nc3)ccnc2cc1OCCCN1CCOCC1. The summed E-state index contributed by atoms with van der Waals surface area (Å²) in [6.07, 6.45) is 9.92. The molecule has 11 heteroatoms. The minimum Gasteiger partial charge on any atom is -0.493 e. The Morgan fingerprint density at radius 1 is 0.953 bits per heavy atom. The Morgan fingerprint density at radius 2 is 1.81 bits per heavy atom. The highest BCUT2D eigenvalue weighted by molar-refractivity contribution is 7.17. The van der Waals surface area contributed by atoms with E-state index < -0.39 is 0 Å². The summed E-state index contributed by atoms with van der Waals surface area (Å²) >= 11 is 1.47. The number of morpholine rings is 1. The fourth-order valence-corrected chi connectivity index (χ4v) is 6.29. The molecule has 0 amide bonds. The van der Waals surface area contributed by atoms with Crippen LogP contribution >= 0.6 is 11.3 Å². The molecule has 10 nitrogen and oxygen atoms in total. The Labute approximate surface area is 255 Å². The number of benzene rings is 1. The molecule has 0 spiro atoms. The lowest BCUT2D eigenvalue weighted by Gasteiger charge is -2.26. The fourth-order valence-electron chi connectivity index (χ4n) is 5.38. The van der Waals surface area contributed by atoms with Gasteiger partial charge in [-0.1, -0.05) is 11.3 Å². The summed E-state index contributed by atoms with van der Waals surface area (Å²) in [5.74, 6) is 2.43. The molecule has 3 aromatic heterocycles. The number of carbonyl (C=O) groups excluding carboxylic acids is 1. The van der Waals surface area contributed by atoms with Crippen LogP contribution in [0.5, 0.6) is 23.0 Å². The minimum absolute atomic E-state index is 0.0271. The van der Waals surface area contributed by atoms with Gasteiger partial charge < -0.3 is 23.8 Å². The van der Waals surface area contributed by atoms with Crippen molar-refractivity contribution in [3.63, 3.8) is 0 Å². The standard InChI is InChI=1S/C32H37N5O5S/c1-39-29-19-25-26(20-30(29)41-15-5-10-36-13-16-40-17-14-36)33-9-8-28(25)42-24-7-6-23(34-21-24)18-27(38)32-35-22-31(43-32)37-11-3-2-4-12-37/h6-9,19-22H,2-5,10-18H2,1H3. The third-order valence-electron chi connectivity index (χ3n) is 7.73. The van der Waals surface area contributed by atoms with Crippen LogP contribution in [-0.4, -0.2) is 85.3 Å². The van der Waals surface area contributed by atoms with E-state index in [4.69, 9.17) is 18.9 Å². The van der Waals surface area contributed by atoms with E-state index in [1.54, 1.807) is 19.5 Å². The summed E-state index contributed by atoms with van der Waals surface area (Å²) in [5, 5.41) is 2.40. The first-order chi connectivity index (χ1) is 21.2. The van der Waals surface area contributed by atoms with Crippen LogP contribution in [0.4, 0.5) is 5.00 Å². The van der Waals surface area contributed by atoms with Crippen molar-refractivity contribution in [2.75, 3.05) is 64.6 Å². The Bertz CT molecular complexity index is 1520. The predicted octanol–water partition coefficient (Wildman–Crippen LogP) is 5.40. The van der Waals surface area contributed by atoms with Crippen molar-refractivity contribution in [3.8, 4) is 23.0 Å². The topological polar surface area (TPSA) is 99.1 Å². The highest BCUT2D eigenvalue weighted by atomic mass is 32.1. The molecule has 1 aromatic carbocycles. The van der Waals surface area contributed by atoms with E-state index in [0.717, 1.165) is 68.3 Å². The maximum absolute atomic E-state index is 12.9. The lowest BCUT2D eigenvalue weighted by atomic mass is 10.1. The number of carbonyl (C=O) groups is 1. The van der Waals surface area contributed by atoms with Crippen molar-refractivity contribution in [1.82, 2.24) is 19.9 Å². The van der Waals surface area contributed by atoms with E-state index in [2.05, 4.69) is 24.8 Å². The second-order valence-corrected chi connectivity index (χ2v) is 11.7. The van der Waals surface area contributed by atoms with E-state index >= 15 is 0 Å². The van der Waals surface area contributed by atoms with Crippen molar-refractivity contribution in [1.29, 1.82) is 0 Å². The molecule has 0 N–H and O–H groups in total. The summed E-state index contributed by atoms with van der Waals surface area (Å²) in [6.45, 7) is 7.14. The molecule has 4 aromatic rings. The molecule has 0 atom stereocenters. The summed E-state index contributed by atoms with van der Waals surface area (Å²) in [5.41, 5.74) is 1.41. The van der Waals surface area contributed by atoms with Crippen LogP contribution in [0.15, 0.2) is 48.9 Å². The van der Waals surface area contributed by atoms with Crippen molar-refractivity contribution in [2.45, 2.75) is 32.1 Å². The second kappa shape index (κ2) is 14.1. The maximum Gasteiger partial charge on any atom is 0.197 e. The van der Waals surface area contributed by atoms with Gasteiger partial charge in [0.15, 0.2) is 22.3 Å². The Morgan fingerprint density at radius 3 is 2.60 bits per heavy atom. The molecule has 2 aliphatic heterocycles. The number of ether oxygens (including phenoxy) is 4. The third-order valence-corrected chi connectivity index (χ3v) is 8.83. The Kier molecular flexibility index (Phi) is 9.61. The zero-order chi connectivity index (χ0) is 29.4. The number of hydrogen-bond acceptors (Lipinski definition) is 11. The molecular weight excluding hydrogens is 566 g/mol. The zero-order valence-corrected chi connectivity index (χ0v) is 25.3. The molecule has 43 heavy (non-hydrogen) atoms. The predicted molar refractivity (Wildman–Crippen MR) is 166 cm³/mol. The number of anilines is 1. The average Bonchev–Trinajstić information content (AvgIpc) is 3.56. The molecular formula is C32H37N5O5S. The van der Waals surface area contributed by atoms with Gasteiger partial charge in [0.1, 0.15) is 16.5 Å². The molecule has 0 radical (unpaired) electrons.